The zero-order chi connectivity index (χ0) is 18.6. The molecule has 0 unspecified atom stereocenters. The van der Waals surface area contributed by atoms with E-state index < -0.39 is 0 Å². The van der Waals surface area contributed by atoms with Gasteiger partial charge in [0, 0.05) is 24.7 Å². The summed E-state index contributed by atoms with van der Waals surface area (Å²) in [6, 6.07) is 17.5. The first-order valence-electron chi connectivity index (χ1n) is 8.82. The Morgan fingerprint density at radius 1 is 1.19 bits per heavy atom. The number of aromatic nitrogens is 1. The standard InChI is InChI=1S/C21H18N4O2/c22-12-15-13-24-17-7-2-1-6-16(17)21(15)23-10-5-11-25-18-8-3-4-9-19(18)27-14-20(25)26/h1-4,6-9,13H,5,10-11,14H2,(H,23,24). The summed E-state index contributed by atoms with van der Waals surface area (Å²) < 4.78 is 5.47. The van der Waals surface area contributed by atoms with Gasteiger partial charge in [0.05, 0.1) is 22.5 Å². The Labute approximate surface area is 157 Å². The van der Waals surface area contributed by atoms with Crippen molar-refractivity contribution in [3.8, 4) is 11.8 Å². The Morgan fingerprint density at radius 2 is 2.00 bits per heavy atom. The highest BCUT2D eigenvalue weighted by atomic mass is 16.5. The Kier molecular flexibility index (Phi) is 4.58. The van der Waals surface area contributed by atoms with Gasteiger partial charge in [0.25, 0.3) is 5.91 Å². The normalized spacial score (nSPS) is 13.0. The molecule has 0 bridgehead atoms. The number of benzene rings is 2. The number of amides is 1. The minimum absolute atomic E-state index is 0.0409. The van der Waals surface area contributed by atoms with Gasteiger partial charge < -0.3 is 15.0 Å². The van der Waals surface area contributed by atoms with Gasteiger partial charge in [-0.1, -0.05) is 30.3 Å². The van der Waals surface area contributed by atoms with Crippen LogP contribution in [-0.4, -0.2) is 30.6 Å². The third-order valence-corrected chi connectivity index (χ3v) is 4.56. The van der Waals surface area contributed by atoms with Crippen molar-refractivity contribution in [2.45, 2.75) is 6.42 Å². The van der Waals surface area contributed by atoms with Crippen molar-refractivity contribution < 1.29 is 9.53 Å². The molecular weight excluding hydrogens is 340 g/mol. The number of nitrogens with zero attached hydrogens (tertiary/aromatic N) is 3. The van der Waals surface area contributed by atoms with Gasteiger partial charge in [-0.25, -0.2) is 0 Å². The van der Waals surface area contributed by atoms with Crippen LogP contribution in [0, 0.1) is 11.3 Å². The van der Waals surface area contributed by atoms with Crippen LogP contribution in [0.2, 0.25) is 0 Å². The summed E-state index contributed by atoms with van der Waals surface area (Å²) in [4.78, 5) is 18.3. The number of para-hydroxylation sites is 3. The number of carbonyl (C=O) groups excluding carboxylic acids is 1. The fourth-order valence-electron chi connectivity index (χ4n) is 3.27. The average Bonchev–Trinajstić information content (AvgIpc) is 2.72. The second kappa shape index (κ2) is 7.34. The lowest BCUT2D eigenvalue weighted by atomic mass is 10.1. The first-order chi connectivity index (χ1) is 13.3. The van der Waals surface area contributed by atoms with Crippen LogP contribution in [0.3, 0.4) is 0 Å². The topological polar surface area (TPSA) is 78.3 Å². The van der Waals surface area contributed by atoms with Gasteiger partial charge in [0.1, 0.15) is 11.8 Å². The zero-order valence-electron chi connectivity index (χ0n) is 14.7. The highest BCUT2D eigenvalue weighted by Gasteiger charge is 2.24. The van der Waals surface area contributed by atoms with Crippen LogP contribution < -0.4 is 15.0 Å². The van der Waals surface area contributed by atoms with Crippen molar-refractivity contribution in [1.82, 2.24) is 4.98 Å². The van der Waals surface area contributed by atoms with Gasteiger partial charge in [-0.2, -0.15) is 5.26 Å². The van der Waals surface area contributed by atoms with Crippen molar-refractivity contribution in [1.29, 1.82) is 5.26 Å². The van der Waals surface area contributed by atoms with Crippen molar-refractivity contribution in [3.63, 3.8) is 0 Å². The molecular formula is C21H18N4O2. The van der Waals surface area contributed by atoms with Gasteiger partial charge in [-0.3, -0.25) is 9.78 Å². The number of fused-ring (bicyclic) bond motifs is 2. The summed E-state index contributed by atoms with van der Waals surface area (Å²) in [6.07, 6.45) is 2.33. The molecule has 0 fully saturated rings. The van der Waals surface area contributed by atoms with E-state index in [2.05, 4.69) is 16.4 Å². The molecule has 0 aliphatic carbocycles. The summed E-state index contributed by atoms with van der Waals surface area (Å²) in [6.45, 7) is 1.28. The molecule has 1 aromatic heterocycles. The molecule has 2 aromatic carbocycles. The lowest BCUT2D eigenvalue weighted by Crippen LogP contribution is -2.39. The van der Waals surface area contributed by atoms with Crippen LogP contribution >= 0.6 is 0 Å². The van der Waals surface area contributed by atoms with E-state index in [4.69, 9.17) is 4.74 Å². The largest absolute Gasteiger partial charge is 0.482 e. The molecule has 1 N–H and O–H groups in total. The molecule has 0 spiro atoms. The number of hydrogen-bond acceptors (Lipinski definition) is 5. The fraction of sp³-hybridized carbons (Fsp3) is 0.190. The molecule has 0 atom stereocenters. The number of anilines is 2. The van der Waals surface area contributed by atoms with Gasteiger partial charge >= 0.3 is 0 Å². The molecule has 3 aromatic rings. The predicted octanol–water partition coefficient (Wildman–Crippen LogP) is 3.33. The Hall–Kier alpha value is -3.59. The number of carbonyl (C=O) groups is 1. The van der Waals surface area contributed by atoms with E-state index in [1.54, 1.807) is 11.1 Å². The van der Waals surface area contributed by atoms with Crippen molar-refractivity contribution in [3.05, 3.63) is 60.3 Å². The Morgan fingerprint density at radius 3 is 2.89 bits per heavy atom. The van der Waals surface area contributed by atoms with Crippen LogP contribution in [0.5, 0.6) is 5.75 Å². The Bertz CT molecular complexity index is 1040. The molecule has 1 amide bonds. The number of nitriles is 1. The number of pyridine rings is 1. The lowest BCUT2D eigenvalue weighted by Gasteiger charge is -2.29. The fourth-order valence-corrected chi connectivity index (χ4v) is 3.27. The van der Waals surface area contributed by atoms with E-state index in [-0.39, 0.29) is 12.5 Å². The first-order valence-corrected chi connectivity index (χ1v) is 8.82. The molecule has 27 heavy (non-hydrogen) atoms. The molecule has 0 saturated heterocycles. The molecule has 0 saturated carbocycles. The lowest BCUT2D eigenvalue weighted by molar-refractivity contribution is -0.121. The molecule has 4 rings (SSSR count). The highest BCUT2D eigenvalue weighted by molar-refractivity contribution is 5.97. The summed E-state index contributed by atoms with van der Waals surface area (Å²) in [5.41, 5.74) is 2.95. The highest BCUT2D eigenvalue weighted by Crippen LogP contribution is 2.31. The summed E-state index contributed by atoms with van der Waals surface area (Å²) >= 11 is 0. The van der Waals surface area contributed by atoms with E-state index in [0.717, 1.165) is 34.4 Å². The third kappa shape index (κ3) is 3.27. The van der Waals surface area contributed by atoms with Crippen molar-refractivity contribution in [2.75, 3.05) is 29.9 Å². The van der Waals surface area contributed by atoms with Gasteiger partial charge in [-0.05, 0) is 24.6 Å². The minimum Gasteiger partial charge on any atom is -0.482 e. The minimum atomic E-state index is -0.0409. The molecule has 6 nitrogen and oxygen atoms in total. The van der Waals surface area contributed by atoms with E-state index >= 15 is 0 Å². The summed E-state index contributed by atoms with van der Waals surface area (Å²) in [5.74, 6) is 0.692. The first kappa shape index (κ1) is 16.9. The molecule has 1 aliphatic heterocycles. The van der Waals surface area contributed by atoms with E-state index in [0.29, 0.717) is 18.7 Å². The predicted molar refractivity (Wildman–Crippen MR) is 104 cm³/mol. The smallest absolute Gasteiger partial charge is 0.265 e. The van der Waals surface area contributed by atoms with Crippen molar-refractivity contribution in [2.24, 2.45) is 0 Å². The molecule has 1 aliphatic rings. The van der Waals surface area contributed by atoms with Crippen LogP contribution in [-0.2, 0) is 4.79 Å². The molecule has 6 heteroatoms. The van der Waals surface area contributed by atoms with Crippen LogP contribution in [0.1, 0.15) is 12.0 Å². The zero-order valence-corrected chi connectivity index (χ0v) is 14.7. The number of ether oxygens (including phenoxy) is 1. The summed E-state index contributed by atoms with van der Waals surface area (Å²) in [5, 5.41) is 13.7. The average molecular weight is 358 g/mol. The van der Waals surface area contributed by atoms with Gasteiger partial charge in [-0.15, -0.1) is 0 Å². The van der Waals surface area contributed by atoms with Gasteiger partial charge in [0.15, 0.2) is 6.61 Å². The van der Waals surface area contributed by atoms with E-state index in [1.165, 1.54) is 0 Å². The molecule has 0 radical (unpaired) electrons. The Balaban J connectivity index is 1.46. The monoisotopic (exact) mass is 358 g/mol. The van der Waals surface area contributed by atoms with Crippen molar-refractivity contribution >= 4 is 28.2 Å². The van der Waals surface area contributed by atoms with Gasteiger partial charge in [0.2, 0.25) is 0 Å². The van der Waals surface area contributed by atoms with Crippen LogP contribution in [0.25, 0.3) is 10.9 Å². The number of rotatable bonds is 5. The number of hydrogen-bond donors (Lipinski definition) is 1. The number of nitrogens with one attached hydrogen (secondary N) is 1. The SMILES string of the molecule is N#Cc1cnc2ccccc2c1NCCCN1C(=O)COc2ccccc21. The molecule has 2 heterocycles. The van der Waals surface area contributed by atoms with E-state index in [9.17, 15) is 10.1 Å². The quantitative estimate of drug-likeness (QED) is 0.708. The second-order valence-corrected chi connectivity index (χ2v) is 6.26. The summed E-state index contributed by atoms with van der Waals surface area (Å²) in [7, 11) is 0. The maximum Gasteiger partial charge on any atom is 0.265 e. The second-order valence-electron chi connectivity index (χ2n) is 6.26. The maximum atomic E-state index is 12.2. The third-order valence-electron chi connectivity index (χ3n) is 4.56. The van der Waals surface area contributed by atoms with Crippen LogP contribution in [0.15, 0.2) is 54.7 Å². The van der Waals surface area contributed by atoms with Crippen LogP contribution in [0.4, 0.5) is 11.4 Å². The molecule has 134 valence electrons. The van der Waals surface area contributed by atoms with E-state index in [1.807, 2.05) is 48.5 Å². The maximum absolute atomic E-state index is 12.2.